The second kappa shape index (κ2) is 14.2. The first-order valence-electron chi connectivity index (χ1n) is 14.4. The van der Waals surface area contributed by atoms with Crippen molar-refractivity contribution >= 4 is 0 Å². The van der Waals surface area contributed by atoms with Gasteiger partial charge < -0.3 is 9.30 Å². The molecule has 3 aromatic carbocycles. The fourth-order valence-electron chi connectivity index (χ4n) is 5.31. The van der Waals surface area contributed by atoms with E-state index >= 15 is 0 Å². The highest BCUT2D eigenvalue weighted by Gasteiger charge is 2.22. The maximum Gasteiger partial charge on any atom is 0.387 e. The van der Waals surface area contributed by atoms with Crippen LogP contribution in [0.1, 0.15) is 61.9 Å². The van der Waals surface area contributed by atoms with Gasteiger partial charge in [-0.1, -0.05) is 99.5 Å². The normalized spacial score (nSPS) is 11.5. The Balaban J connectivity index is 1.76. The third-order valence-electron chi connectivity index (χ3n) is 7.22. The second-order valence-electron chi connectivity index (χ2n) is 10.5. The number of ether oxygens (including phenoxy) is 1. The lowest BCUT2D eigenvalue weighted by Crippen LogP contribution is -2.26. The predicted molar refractivity (Wildman–Crippen MR) is 160 cm³/mol. The van der Waals surface area contributed by atoms with E-state index in [0.29, 0.717) is 6.54 Å². The monoisotopic (exact) mass is 545 g/mol. The van der Waals surface area contributed by atoms with Gasteiger partial charge in [0.2, 0.25) is 0 Å². The van der Waals surface area contributed by atoms with Crippen molar-refractivity contribution in [3.63, 3.8) is 0 Å². The molecule has 0 amide bonds. The van der Waals surface area contributed by atoms with Crippen LogP contribution in [0.2, 0.25) is 0 Å². The topological polar surface area (TPSA) is 30.3 Å². The number of aromatic nitrogens is 2. The van der Waals surface area contributed by atoms with Crippen molar-refractivity contribution in [1.29, 1.82) is 0 Å². The zero-order valence-corrected chi connectivity index (χ0v) is 24.2. The van der Waals surface area contributed by atoms with Gasteiger partial charge in [-0.25, -0.2) is 4.98 Å². The van der Waals surface area contributed by atoms with Crippen LogP contribution >= 0.6 is 0 Å². The smallest absolute Gasteiger partial charge is 0.387 e. The van der Waals surface area contributed by atoms with Crippen molar-refractivity contribution in [1.82, 2.24) is 14.5 Å². The van der Waals surface area contributed by atoms with Gasteiger partial charge in [-0.3, -0.25) is 4.90 Å². The second-order valence-corrected chi connectivity index (χ2v) is 10.5. The molecule has 0 bridgehead atoms. The van der Waals surface area contributed by atoms with Crippen molar-refractivity contribution in [3.05, 3.63) is 95.2 Å². The summed E-state index contributed by atoms with van der Waals surface area (Å²) in [7, 11) is 0. The molecule has 0 spiro atoms. The van der Waals surface area contributed by atoms with Crippen molar-refractivity contribution in [2.24, 2.45) is 0 Å². The maximum absolute atomic E-state index is 13.0. The molecule has 212 valence electrons. The minimum Gasteiger partial charge on any atom is -0.434 e. The van der Waals surface area contributed by atoms with Gasteiger partial charge in [0.25, 0.3) is 0 Å². The van der Waals surface area contributed by atoms with Gasteiger partial charge >= 0.3 is 6.61 Å². The first-order chi connectivity index (χ1) is 19.4. The summed E-state index contributed by atoms with van der Waals surface area (Å²) in [5, 5.41) is 0. The van der Waals surface area contributed by atoms with Crippen LogP contribution in [0.3, 0.4) is 0 Å². The zero-order valence-electron chi connectivity index (χ0n) is 24.2. The number of hydrogen-bond donors (Lipinski definition) is 0. The standard InChI is InChI=1S/C34H41F2N3O/c1-5-7-19-38(23-27-21-25(3)32(26(4)22-27)40-34(35)36)24-30-31(28-15-11-9-12-16-28)37-33(39(30)20-8-6-2)29-17-13-10-14-18-29/h9-18,21-22,34H,5-8,19-20,23-24H2,1-4H3. The highest BCUT2D eigenvalue weighted by atomic mass is 19.3. The molecule has 4 nitrogen and oxygen atoms in total. The third-order valence-corrected chi connectivity index (χ3v) is 7.22. The highest BCUT2D eigenvalue weighted by molar-refractivity contribution is 5.68. The summed E-state index contributed by atoms with van der Waals surface area (Å²) in [4.78, 5) is 7.72. The van der Waals surface area contributed by atoms with Gasteiger partial charge in [-0.15, -0.1) is 0 Å². The molecule has 0 fully saturated rings. The number of imidazole rings is 1. The Bertz CT molecular complexity index is 1330. The molecule has 0 unspecified atom stereocenters. The lowest BCUT2D eigenvalue weighted by atomic mass is 10.0. The van der Waals surface area contributed by atoms with E-state index in [9.17, 15) is 8.78 Å². The molecule has 0 N–H and O–H groups in total. The molecule has 0 saturated carbocycles. The summed E-state index contributed by atoms with van der Waals surface area (Å²) < 4.78 is 33.1. The lowest BCUT2D eigenvalue weighted by Gasteiger charge is -2.25. The number of unbranched alkanes of at least 4 members (excludes halogenated alkanes) is 2. The molecule has 4 rings (SSSR count). The van der Waals surface area contributed by atoms with Crippen LogP contribution in [0.15, 0.2) is 72.8 Å². The van der Waals surface area contributed by atoms with E-state index in [-0.39, 0.29) is 5.75 Å². The Morgan fingerprint density at radius 2 is 1.43 bits per heavy atom. The molecule has 4 aromatic rings. The van der Waals surface area contributed by atoms with E-state index in [0.717, 1.165) is 84.7 Å². The van der Waals surface area contributed by atoms with E-state index in [2.05, 4.69) is 71.8 Å². The number of alkyl halides is 2. The van der Waals surface area contributed by atoms with Crippen LogP contribution < -0.4 is 4.74 Å². The maximum atomic E-state index is 13.0. The van der Waals surface area contributed by atoms with E-state index < -0.39 is 6.61 Å². The summed E-state index contributed by atoms with van der Waals surface area (Å²) in [5.41, 5.74) is 7.01. The molecule has 0 saturated heterocycles. The number of rotatable bonds is 14. The van der Waals surface area contributed by atoms with Crippen LogP contribution in [-0.2, 0) is 19.6 Å². The van der Waals surface area contributed by atoms with Crippen LogP contribution in [0.5, 0.6) is 5.75 Å². The molecule has 40 heavy (non-hydrogen) atoms. The molecule has 0 atom stereocenters. The quantitative estimate of drug-likeness (QED) is 0.158. The van der Waals surface area contributed by atoms with E-state index in [1.807, 2.05) is 38.1 Å². The van der Waals surface area contributed by atoms with Crippen LogP contribution in [-0.4, -0.2) is 27.6 Å². The summed E-state index contributed by atoms with van der Waals surface area (Å²) in [6.07, 6.45) is 4.32. The Labute approximate surface area is 237 Å². The molecule has 0 aliphatic heterocycles. The minimum absolute atomic E-state index is 0.273. The number of aryl methyl sites for hydroxylation is 2. The molecule has 1 heterocycles. The molecule has 0 aliphatic rings. The van der Waals surface area contributed by atoms with E-state index in [4.69, 9.17) is 9.72 Å². The highest BCUT2D eigenvalue weighted by Crippen LogP contribution is 2.32. The van der Waals surface area contributed by atoms with Gasteiger partial charge in [0.15, 0.2) is 0 Å². The molecular formula is C34H41F2N3O. The molecular weight excluding hydrogens is 504 g/mol. The van der Waals surface area contributed by atoms with Crippen LogP contribution in [0, 0.1) is 13.8 Å². The van der Waals surface area contributed by atoms with Crippen LogP contribution in [0.25, 0.3) is 22.6 Å². The van der Waals surface area contributed by atoms with Crippen LogP contribution in [0.4, 0.5) is 8.78 Å². The summed E-state index contributed by atoms with van der Waals surface area (Å²) >= 11 is 0. The van der Waals surface area contributed by atoms with Gasteiger partial charge in [0.1, 0.15) is 11.6 Å². The van der Waals surface area contributed by atoms with Gasteiger partial charge in [-0.2, -0.15) is 8.78 Å². The third kappa shape index (κ3) is 7.36. The molecule has 0 aliphatic carbocycles. The van der Waals surface area contributed by atoms with Crippen molar-refractivity contribution in [3.8, 4) is 28.4 Å². The first-order valence-corrected chi connectivity index (χ1v) is 14.4. The number of halogens is 2. The average Bonchev–Trinajstić information content (AvgIpc) is 3.31. The summed E-state index contributed by atoms with van der Waals surface area (Å²) in [5.74, 6) is 1.27. The molecule has 0 radical (unpaired) electrons. The van der Waals surface area contributed by atoms with Gasteiger partial charge in [0.05, 0.1) is 11.4 Å². The predicted octanol–water partition coefficient (Wildman–Crippen LogP) is 9.04. The van der Waals surface area contributed by atoms with Crippen molar-refractivity contribution in [2.45, 2.75) is 79.6 Å². The first kappa shape index (κ1) is 29.5. The van der Waals surface area contributed by atoms with Gasteiger partial charge in [0, 0.05) is 30.8 Å². The fourth-order valence-corrected chi connectivity index (χ4v) is 5.31. The number of hydrogen-bond acceptors (Lipinski definition) is 3. The Kier molecular flexibility index (Phi) is 10.5. The Hall–Kier alpha value is -3.51. The number of benzene rings is 3. The van der Waals surface area contributed by atoms with E-state index in [1.165, 1.54) is 5.69 Å². The zero-order chi connectivity index (χ0) is 28.5. The summed E-state index contributed by atoms with van der Waals surface area (Å²) in [6, 6.07) is 24.8. The number of nitrogens with zero attached hydrogens (tertiary/aromatic N) is 3. The lowest BCUT2D eigenvalue weighted by molar-refractivity contribution is -0.0507. The summed E-state index contributed by atoms with van der Waals surface area (Å²) in [6.45, 7) is 8.55. The molecule has 6 heteroatoms. The van der Waals surface area contributed by atoms with Crippen molar-refractivity contribution < 1.29 is 13.5 Å². The SMILES string of the molecule is CCCCN(Cc1cc(C)c(OC(F)F)c(C)c1)Cc1c(-c2ccccc2)nc(-c2ccccc2)n1CCCC. The van der Waals surface area contributed by atoms with Crippen molar-refractivity contribution in [2.75, 3.05) is 6.54 Å². The minimum atomic E-state index is -2.83. The fraction of sp³-hybridized carbons (Fsp3) is 0.382. The van der Waals surface area contributed by atoms with Gasteiger partial charge in [-0.05, 0) is 49.9 Å². The largest absolute Gasteiger partial charge is 0.434 e. The Morgan fingerprint density at radius 3 is 2.00 bits per heavy atom. The molecule has 1 aromatic heterocycles. The van der Waals surface area contributed by atoms with E-state index in [1.54, 1.807) is 0 Å². The Morgan fingerprint density at radius 1 is 0.825 bits per heavy atom. The average molecular weight is 546 g/mol.